The molecule has 0 aliphatic rings. The Hall–Kier alpha value is -1.71. The number of carbonyl (C=O) groups is 1. The first-order chi connectivity index (χ1) is 6.76. The lowest BCUT2D eigenvalue weighted by molar-refractivity contribution is -0.122. The van der Waals surface area contributed by atoms with Gasteiger partial charge in [-0.25, -0.2) is 0 Å². The molecule has 0 fully saturated rings. The van der Waals surface area contributed by atoms with E-state index < -0.39 is 0 Å². The lowest BCUT2D eigenvalue weighted by atomic mass is 10.3. The number of benzene rings is 1. The SMILES string of the molecule is CNC(=O)COc1ccc(NC)cc1. The van der Waals surface area contributed by atoms with Crippen LogP contribution in [0.4, 0.5) is 5.69 Å². The van der Waals surface area contributed by atoms with E-state index >= 15 is 0 Å². The van der Waals surface area contributed by atoms with Gasteiger partial charge in [-0.1, -0.05) is 0 Å². The minimum absolute atomic E-state index is 0.0510. The van der Waals surface area contributed by atoms with Gasteiger partial charge in [0.15, 0.2) is 6.61 Å². The minimum Gasteiger partial charge on any atom is -0.484 e. The van der Waals surface area contributed by atoms with Crippen molar-refractivity contribution < 1.29 is 9.53 Å². The smallest absolute Gasteiger partial charge is 0.257 e. The Balaban J connectivity index is 2.47. The summed E-state index contributed by atoms with van der Waals surface area (Å²) in [5.41, 5.74) is 1.01. The highest BCUT2D eigenvalue weighted by Gasteiger charge is 1.98. The van der Waals surface area contributed by atoms with Gasteiger partial charge in [-0.15, -0.1) is 0 Å². The minimum atomic E-state index is -0.136. The molecule has 4 nitrogen and oxygen atoms in total. The highest BCUT2D eigenvalue weighted by atomic mass is 16.5. The van der Waals surface area contributed by atoms with Crippen molar-refractivity contribution in [1.82, 2.24) is 5.32 Å². The zero-order chi connectivity index (χ0) is 10.4. The van der Waals surface area contributed by atoms with E-state index in [1.54, 1.807) is 7.05 Å². The van der Waals surface area contributed by atoms with Crippen molar-refractivity contribution in [2.45, 2.75) is 0 Å². The highest BCUT2D eigenvalue weighted by Crippen LogP contribution is 2.14. The van der Waals surface area contributed by atoms with Crippen molar-refractivity contribution >= 4 is 11.6 Å². The molecule has 0 saturated heterocycles. The summed E-state index contributed by atoms with van der Waals surface area (Å²) in [6, 6.07) is 7.40. The maximum absolute atomic E-state index is 10.9. The van der Waals surface area contributed by atoms with Crippen molar-refractivity contribution in [3.63, 3.8) is 0 Å². The van der Waals surface area contributed by atoms with Gasteiger partial charge in [0.2, 0.25) is 0 Å². The number of likely N-dealkylation sites (N-methyl/N-ethyl adjacent to an activating group) is 1. The average Bonchev–Trinajstić information content (AvgIpc) is 2.26. The predicted octanol–water partition coefficient (Wildman–Crippen LogP) is 0.853. The summed E-state index contributed by atoms with van der Waals surface area (Å²) in [4.78, 5) is 10.9. The number of rotatable bonds is 4. The van der Waals surface area contributed by atoms with Crippen molar-refractivity contribution in [3.05, 3.63) is 24.3 Å². The molecule has 0 bridgehead atoms. The molecule has 0 aromatic heterocycles. The summed E-state index contributed by atoms with van der Waals surface area (Å²) in [5.74, 6) is 0.551. The molecular formula is C10H14N2O2. The zero-order valence-electron chi connectivity index (χ0n) is 8.33. The molecule has 0 radical (unpaired) electrons. The lowest BCUT2D eigenvalue weighted by Gasteiger charge is -2.05. The van der Waals surface area contributed by atoms with E-state index in [1.165, 1.54) is 0 Å². The Morgan fingerprint density at radius 3 is 2.43 bits per heavy atom. The van der Waals surface area contributed by atoms with Crippen LogP contribution in [0.1, 0.15) is 0 Å². The van der Waals surface area contributed by atoms with E-state index in [1.807, 2.05) is 31.3 Å². The summed E-state index contributed by atoms with van der Waals surface area (Å²) in [6.45, 7) is 0.0510. The van der Waals surface area contributed by atoms with Crippen LogP contribution in [-0.2, 0) is 4.79 Å². The van der Waals surface area contributed by atoms with E-state index in [0.717, 1.165) is 5.69 Å². The molecule has 1 aromatic carbocycles. The van der Waals surface area contributed by atoms with Crippen LogP contribution in [0.2, 0.25) is 0 Å². The summed E-state index contributed by atoms with van der Waals surface area (Å²) in [6.07, 6.45) is 0. The van der Waals surface area contributed by atoms with Gasteiger partial charge in [-0.3, -0.25) is 4.79 Å². The Morgan fingerprint density at radius 1 is 1.29 bits per heavy atom. The summed E-state index contributed by atoms with van der Waals surface area (Å²) < 4.78 is 5.22. The monoisotopic (exact) mass is 194 g/mol. The van der Waals surface area contributed by atoms with Crippen LogP contribution in [0.15, 0.2) is 24.3 Å². The molecule has 0 aliphatic carbocycles. The maximum atomic E-state index is 10.9. The molecule has 0 spiro atoms. The van der Waals surface area contributed by atoms with Gasteiger partial charge >= 0.3 is 0 Å². The maximum Gasteiger partial charge on any atom is 0.257 e. The Bertz CT molecular complexity index is 295. The van der Waals surface area contributed by atoms with Gasteiger partial charge < -0.3 is 15.4 Å². The fourth-order valence-electron chi connectivity index (χ4n) is 0.939. The van der Waals surface area contributed by atoms with Gasteiger partial charge in [-0.2, -0.15) is 0 Å². The number of anilines is 1. The van der Waals surface area contributed by atoms with Crippen LogP contribution in [0.25, 0.3) is 0 Å². The van der Waals surface area contributed by atoms with Gasteiger partial charge in [0.05, 0.1) is 0 Å². The van der Waals surface area contributed by atoms with Crippen molar-refractivity contribution in [2.24, 2.45) is 0 Å². The number of ether oxygens (including phenoxy) is 1. The van der Waals surface area contributed by atoms with Crippen molar-refractivity contribution in [3.8, 4) is 5.75 Å². The van der Waals surface area contributed by atoms with Crippen LogP contribution in [0, 0.1) is 0 Å². The zero-order valence-corrected chi connectivity index (χ0v) is 8.33. The molecule has 0 heterocycles. The first-order valence-corrected chi connectivity index (χ1v) is 4.37. The third-order valence-electron chi connectivity index (χ3n) is 1.79. The van der Waals surface area contributed by atoms with Gasteiger partial charge in [0.1, 0.15) is 5.75 Å². The van der Waals surface area contributed by atoms with Crippen LogP contribution in [0.3, 0.4) is 0 Å². The number of nitrogens with one attached hydrogen (secondary N) is 2. The van der Waals surface area contributed by atoms with Crippen molar-refractivity contribution in [2.75, 3.05) is 26.0 Å². The molecule has 2 N–H and O–H groups in total. The highest BCUT2D eigenvalue weighted by molar-refractivity contribution is 5.77. The molecule has 1 amide bonds. The van der Waals surface area contributed by atoms with E-state index in [4.69, 9.17) is 4.74 Å². The van der Waals surface area contributed by atoms with Gasteiger partial charge in [0.25, 0.3) is 5.91 Å². The number of hydrogen-bond acceptors (Lipinski definition) is 3. The summed E-state index contributed by atoms with van der Waals surface area (Å²) >= 11 is 0. The molecule has 1 rings (SSSR count). The molecule has 0 saturated carbocycles. The van der Waals surface area contributed by atoms with E-state index in [2.05, 4.69) is 10.6 Å². The normalized spacial score (nSPS) is 9.29. The molecule has 0 atom stereocenters. The first kappa shape index (κ1) is 10.4. The second kappa shape index (κ2) is 5.11. The van der Waals surface area contributed by atoms with Crippen LogP contribution in [-0.4, -0.2) is 26.6 Å². The fourth-order valence-corrected chi connectivity index (χ4v) is 0.939. The predicted molar refractivity (Wildman–Crippen MR) is 55.6 cm³/mol. The summed E-state index contributed by atoms with van der Waals surface area (Å²) in [5, 5.41) is 5.48. The van der Waals surface area contributed by atoms with E-state index in [9.17, 15) is 4.79 Å². The second-order valence-corrected chi connectivity index (χ2v) is 2.74. The molecule has 4 heteroatoms. The van der Waals surface area contributed by atoms with Gasteiger partial charge in [0, 0.05) is 19.8 Å². The Kier molecular flexibility index (Phi) is 3.79. The number of amides is 1. The Morgan fingerprint density at radius 2 is 1.93 bits per heavy atom. The molecular weight excluding hydrogens is 180 g/mol. The molecule has 76 valence electrons. The number of carbonyl (C=O) groups excluding carboxylic acids is 1. The standard InChI is InChI=1S/C10H14N2O2/c1-11-8-3-5-9(6-4-8)14-7-10(13)12-2/h3-6,11H,7H2,1-2H3,(H,12,13). The van der Waals surface area contributed by atoms with Gasteiger partial charge in [-0.05, 0) is 24.3 Å². The topological polar surface area (TPSA) is 50.4 Å². The fraction of sp³-hybridized carbons (Fsp3) is 0.300. The van der Waals surface area contributed by atoms with Crippen LogP contribution in [0.5, 0.6) is 5.75 Å². The van der Waals surface area contributed by atoms with Crippen LogP contribution >= 0.6 is 0 Å². The lowest BCUT2D eigenvalue weighted by Crippen LogP contribution is -2.24. The molecule has 14 heavy (non-hydrogen) atoms. The third kappa shape index (κ3) is 2.97. The summed E-state index contributed by atoms with van der Waals surface area (Å²) in [7, 11) is 3.43. The average molecular weight is 194 g/mol. The Labute approximate surface area is 83.3 Å². The first-order valence-electron chi connectivity index (χ1n) is 4.37. The van der Waals surface area contributed by atoms with E-state index in [-0.39, 0.29) is 12.5 Å². The quantitative estimate of drug-likeness (QED) is 0.747. The molecule has 0 aliphatic heterocycles. The largest absolute Gasteiger partial charge is 0.484 e. The molecule has 1 aromatic rings. The molecule has 0 unspecified atom stereocenters. The number of hydrogen-bond donors (Lipinski definition) is 2. The third-order valence-corrected chi connectivity index (χ3v) is 1.79. The van der Waals surface area contributed by atoms with Crippen molar-refractivity contribution in [1.29, 1.82) is 0 Å². The van der Waals surface area contributed by atoms with E-state index in [0.29, 0.717) is 5.75 Å². The second-order valence-electron chi connectivity index (χ2n) is 2.74. The van der Waals surface area contributed by atoms with Crippen LogP contribution < -0.4 is 15.4 Å².